The van der Waals surface area contributed by atoms with Crippen molar-refractivity contribution in [3.8, 4) is 0 Å². The number of nitrogens with two attached hydrogens (primary N) is 1. The predicted molar refractivity (Wildman–Crippen MR) is 48.8 cm³/mol. The van der Waals surface area contributed by atoms with Crippen molar-refractivity contribution < 1.29 is 24.6 Å². The SMILES string of the molecule is CC(O)C(NC(=O)NCC(N)=O)C(=O)O. The molecule has 15 heavy (non-hydrogen) atoms. The number of carbonyl (C=O) groups excluding carboxylic acids is 2. The molecule has 0 rings (SSSR count). The number of amides is 3. The van der Waals surface area contributed by atoms with Crippen molar-refractivity contribution in [2.75, 3.05) is 6.54 Å². The second kappa shape index (κ2) is 5.81. The highest BCUT2D eigenvalue weighted by molar-refractivity contribution is 5.86. The largest absolute Gasteiger partial charge is 0.480 e. The molecule has 0 aromatic carbocycles. The molecule has 0 aliphatic rings. The Morgan fingerprint density at radius 3 is 2.27 bits per heavy atom. The fourth-order valence-electron chi connectivity index (χ4n) is 0.748. The minimum absolute atomic E-state index is 0.405. The molecule has 0 spiro atoms. The Kier molecular flexibility index (Phi) is 5.10. The maximum atomic E-state index is 11.0. The van der Waals surface area contributed by atoms with Gasteiger partial charge < -0.3 is 26.6 Å². The van der Waals surface area contributed by atoms with Crippen LogP contribution in [-0.2, 0) is 9.59 Å². The molecule has 0 aliphatic carbocycles. The first-order chi connectivity index (χ1) is 6.84. The molecular formula is C7H13N3O5. The van der Waals surface area contributed by atoms with Crippen LogP contribution >= 0.6 is 0 Å². The summed E-state index contributed by atoms with van der Waals surface area (Å²) in [5.41, 5.74) is 4.74. The minimum Gasteiger partial charge on any atom is -0.480 e. The number of primary amides is 1. The molecular weight excluding hydrogens is 206 g/mol. The van der Waals surface area contributed by atoms with Crippen LogP contribution in [0, 0.1) is 0 Å². The Bertz CT molecular complexity index is 265. The Hall–Kier alpha value is -1.83. The van der Waals surface area contributed by atoms with Crippen molar-refractivity contribution in [3.63, 3.8) is 0 Å². The third kappa shape index (κ3) is 5.47. The average Bonchev–Trinajstić information content (AvgIpc) is 2.09. The third-order valence-electron chi connectivity index (χ3n) is 1.46. The van der Waals surface area contributed by atoms with Crippen molar-refractivity contribution in [1.29, 1.82) is 0 Å². The van der Waals surface area contributed by atoms with Gasteiger partial charge in [-0.15, -0.1) is 0 Å². The summed E-state index contributed by atoms with van der Waals surface area (Å²) in [5.74, 6) is -2.13. The zero-order valence-corrected chi connectivity index (χ0v) is 8.06. The molecule has 0 bridgehead atoms. The Morgan fingerprint density at radius 1 is 1.40 bits per heavy atom. The van der Waals surface area contributed by atoms with Crippen molar-refractivity contribution in [1.82, 2.24) is 10.6 Å². The highest BCUT2D eigenvalue weighted by atomic mass is 16.4. The molecule has 8 nitrogen and oxygen atoms in total. The summed E-state index contributed by atoms with van der Waals surface area (Å²) in [4.78, 5) is 31.8. The van der Waals surface area contributed by atoms with Gasteiger partial charge in [0, 0.05) is 0 Å². The first-order valence-electron chi connectivity index (χ1n) is 4.08. The summed E-state index contributed by atoms with van der Waals surface area (Å²) >= 11 is 0. The second-order valence-electron chi connectivity index (χ2n) is 2.85. The molecule has 2 unspecified atom stereocenters. The van der Waals surface area contributed by atoms with Gasteiger partial charge in [-0.2, -0.15) is 0 Å². The summed E-state index contributed by atoms with van der Waals surface area (Å²) in [6.45, 7) is 0.811. The number of carboxylic acid groups (broad SMARTS) is 1. The van der Waals surface area contributed by atoms with Gasteiger partial charge in [-0.3, -0.25) is 4.79 Å². The summed E-state index contributed by atoms with van der Waals surface area (Å²) in [6, 6.07) is -2.32. The number of aliphatic carboxylic acids is 1. The third-order valence-corrected chi connectivity index (χ3v) is 1.46. The number of aliphatic hydroxyl groups is 1. The van der Waals surface area contributed by atoms with Crippen LogP contribution in [0.5, 0.6) is 0 Å². The maximum absolute atomic E-state index is 11.0. The second-order valence-corrected chi connectivity index (χ2v) is 2.85. The van der Waals surface area contributed by atoms with Gasteiger partial charge in [0.1, 0.15) is 0 Å². The van der Waals surface area contributed by atoms with Gasteiger partial charge in [0.25, 0.3) is 0 Å². The van der Waals surface area contributed by atoms with E-state index in [4.69, 9.17) is 15.9 Å². The van der Waals surface area contributed by atoms with E-state index in [1.54, 1.807) is 0 Å². The van der Waals surface area contributed by atoms with Crippen molar-refractivity contribution in [3.05, 3.63) is 0 Å². The Morgan fingerprint density at radius 2 is 1.93 bits per heavy atom. The van der Waals surface area contributed by atoms with E-state index in [1.807, 2.05) is 10.6 Å². The summed E-state index contributed by atoms with van der Waals surface area (Å²) < 4.78 is 0. The lowest BCUT2D eigenvalue weighted by Gasteiger charge is -2.16. The molecule has 6 N–H and O–H groups in total. The molecule has 2 atom stereocenters. The molecule has 3 amide bonds. The van der Waals surface area contributed by atoms with Crippen LogP contribution in [-0.4, -0.2) is 46.8 Å². The van der Waals surface area contributed by atoms with Crippen molar-refractivity contribution in [2.45, 2.75) is 19.1 Å². The van der Waals surface area contributed by atoms with Gasteiger partial charge in [-0.1, -0.05) is 0 Å². The molecule has 0 saturated carbocycles. The van der Waals surface area contributed by atoms with Crippen LogP contribution in [0.25, 0.3) is 0 Å². The van der Waals surface area contributed by atoms with Crippen molar-refractivity contribution >= 4 is 17.9 Å². The molecule has 8 heteroatoms. The summed E-state index contributed by atoms with van der Waals surface area (Å²) in [7, 11) is 0. The van der Waals surface area contributed by atoms with E-state index in [-0.39, 0.29) is 0 Å². The number of urea groups is 1. The van der Waals surface area contributed by atoms with Crippen LogP contribution < -0.4 is 16.4 Å². The number of carboxylic acids is 1. The van der Waals surface area contributed by atoms with E-state index < -0.39 is 36.6 Å². The van der Waals surface area contributed by atoms with Crippen LogP contribution in [0.1, 0.15) is 6.92 Å². The van der Waals surface area contributed by atoms with Gasteiger partial charge in [0.2, 0.25) is 5.91 Å². The topological polar surface area (TPSA) is 142 Å². The van der Waals surface area contributed by atoms with Gasteiger partial charge in [-0.25, -0.2) is 9.59 Å². The smallest absolute Gasteiger partial charge is 0.328 e. The van der Waals surface area contributed by atoms with Crippen LogP contribution in [0.3, 0.4) is 0 Å². The first kappa shape index (κ1) is 13.2. The van der Waals surface area contributed by atoms with Gasteiger partial charge in [-0.05, 0) is 6.92 Å². The van der Waals surface area contributed by atoms with Gasteiger partial charge in [0.05, 0.1) is 12.6 Å². The minimum atomic E-state index is -1.43. The zero-order valence-electron chi connectivity index (χ0n) is 8.06. The quantitative estimate of drug-likeness (QED) is 0.350. The molecule has 0 heterocycles. The first-order valence-corrected chi connectivity index (χ1v) is 4.08. The van der Waals surface area contributed by atoms with Gasteiger partial charge in [0.15, 0.2) is 6.04 Å². The Labute approximate surface area is 85.4 Å². The van der Waals surface area contributed by atoms with E-state index in [9.17, 15) is 14.4 Å². The molecule has 0 aromatic heterocycles. The van der Waals surface area contributed by atoms with E-state index in [0.29, 0.717) is 0 Å². The lowest BCUT2D eigenvalue weighted by molar-refractivity contribution is -0.141. The lowest BCUT2D eigenvalue weighted by Crippen LogP contribution is -2.52. The number of aliphatic hydroxyl groups excluding tert-OH is 1. The monoisotopic (exact) mass is 219 g/mol. The number of nitrogens with one attached hydrogen (secondary N) is 2. The van der Waals surface area contributed by atoms with Crippen LogP contribution in [0.15, 0.2) is 0 Å². The van der Waals surface area contributed by atoms with E-state index in [0.717, 1.165) is 0 Å². The maximum Gasteiger partial charge on any atom is 0.328 e. The van der Waals surface area contributed by atoms with Crippen molar-refractivity contribution in [2.24, 2.45) is 5.73 Å². The molecule has 0 fully saturated rings. The number of hydrogen-bond acceptors (Lipinski definition) is 4. The Balaban J connectivity index is 4.12. The fraction of sp³-hybridized carbons (Fsp3) is 0.571. The number of rotatable bonds is 5. The molecule has 86 valence electrons. The highest BCUT2D eigenvalue weighted by Crippen LogP contribution is 1.92. The van der Waals surface area contributed by atoms with Gasteiger partial charge >= 0.3 is 12.0 Å². The summed E-state index contributed by atoms with van der Waals surface area (Å²) in [6.07, 6.45) is -1.25. The van der Waals surface area contributed by atoms with Crippen LogP contribution in [0.2, 0.25) is 0 Å². The molecule has 0 aromatic rings. The normalized spacial score (nSPS) is 13.7. The van der Waals surface area contributed by atoms with E-state index in [2.05, 4.69) is 0 Å². The van der Waals surface area contributed by atoms with E-state index in [1.165, 1.54) is 6.92 Å². The predicted octanol–water partition coefficient (Wildman–Crippen LogP) is -2.40. The highest BCUT2D eigenvalue weighted by Gasteiger charge is 2.24. The number of hydrogen-bond donors (Lipinski definition) is 5. The molecule has 0 radical (unpaired) electrons. The molecule has 0 aliphatic heterocycles. The number of carbonyl (C=O) groups is 3. The summed E-state index contributed by atoms with van der Waals surface area (Å²) in [5, 5.41) is 21.6. The standard InChI is InChI=1S/C7H13N3O5/c1-3(11)5(6(13)14)10-7(15)9-2-4(8)12/h3,5,11H,2H2,1H3,(H2,8,12)(H,13,14)(H2,9,10,15). The van der Waals surface area contributed by atoms with E-state index >= 15 is 0 Å². The fourth-order valence-corrected chi connectivity index (χ4v) is 0.748. The van der Waals surface area contributed by atoms with Crippen LogP contribution in [0.4, 0.5) is 4.79 Å². The average molecular weight is 219 g/mol. The lowest BCUT2D eigenvalue weighted by atomic mass is 10.2. The zero-order chi connectivity index (χ0) is 12.0. The molecule has 0 saturated heterocycles.